The third-order valence-electron chi connectivity index (χ3n) is 4.13. The molecule has 0 spiro atoms. The van der Waals surface area contributed by atoms with E-state index >= 15 is 0 Å². The second kappa shape index (κ2) is 7.17. The van der Waals surface area contributed by atoms with Crippen molar-refractivity contribution in [2.45, 2.75) is 19.4 Å². The molecule has 136 valence electrons. The standard InChI is InChI=1S/C17H18ClN5O3/c1-21-15-14(16(25)22(2)17(21)26)23(10-19-15)8-4-7-13(24)20-12-6-3-5-11(18)9-12/h3,5-6,9-10H,4,7-8H2,1-2H3,(H,20,24). The van der Waals surface area contributed by atoms with E-state index in [1.165, 1.54) is 17.9 Å². The van der Waals surface area contributed by atoms with Crippen LogP contribution in [-0.4, -0.2) is 24.6 Å². The lowest BCUT2D eigenvalue weighted by molar-refractivity contribution is -0.116. The summed E-state index contributed by atoms with van der Waals surface area (Å²) in [6, 6.07) is 6.93. The zero-order chi connectivity index (χ0) is 18.8. The number of rotatable bonds is 5. The van der Waals surface area contributed by atoms with E-state index in [-0.39, 0.29) is 12.3 Å². The summed E-state index contributed by atoms with van der Waals surface area (Å²) in [6.07, 6.45) is 2.31. The van der Waals surface area contributed by atoms with Crippen molar-refractivity contribution in [1.29, 1.82) is 0 Å². The Morgan fingerprint density at radius 2 is 2.00 bits per heavy atom. The quantitative estimate of drug-likeness (QED) is 0.731. The average molecular weight is 376 g/mol. The number of imidazole rings is 1. The minimum Gasteiger partial charge on any atom is -0.326 e. The molecule has 2 heterocycles. The molecule has 0 saturated carbocycles. The molecule has 8 nitrogen and oxygen atoms in total. The van der Waals surface area contributed by atoms with Crippen LogP contribution in [0.3, 0.4) is 0 Å². The van der Waals surface area contributed by atoms with Crippen molar-refractivity contribution in [2.75, 3.05) is 5.32 Å². The molecule has 0 bridgehead atoms. The molecule has 1 N–H and O–H groups in total. The van der Waals surface area contributed by atoms with Gasteiger partial charge in [-0.1, -0.05) is 17.7 Å². The maximum atomic E-state index is 12.4. The fraction of sp³-hybridized carbons (Fsp3) is 0.294. The average Bonchev–Trinajstić information content (AvgIpc) is 3.02. The smallest absolute Gasteiger partial charge is 0.326 e. The Morgan fingerprint density at radius 3 is 2.73 bits per heavy atom. The SMILES string of the molecule is Cn1c(=O)c2c(ncn2CCCC(=O)Nc2cccc(Cl)c2)n(C)c1=O. The molecule has 1 amide bonds. The van der Waals surface area contributed by atoms with Gasteiger partial charge in [-0.25, -0.2) is 9.78 Å². The monoisotopic (exact) mass is 375 g/mol. The van der Waals surface area contributed by atoms with Crippen LogP contribution in [0.2, 0.25) is 5.02 Å². The van der Waals surface area contributed by atoms with Crippen LogP contribution in [0.5, 0.6) is 0 Å². The van der Waals surface area contributed by atoms with Crippen LogP contribution in [0.15, 0.2) is 40.2 Å². The molecule has 3 aromatic rings. The Kier molecular flexibility index (Phi) is 4.94. The highest BCUT2D eigenvalue weighted by Gasteiger charge is 2.14. The lowest BCUT2D eigenvalue weighted by Gasteiger charge is -2.07. The van der Waals surface area contributed by atoms with Crippen molar-refractivity contribution in [3.05, 3.63) is 56.5 Å². The number of carbonyl (C=O) groups excluding carboxylic acids is 1. The van der Waals surface area contributed by atoms with E-state index in [4.69, 9.17) is 11.6 Å². The van der Waals surface area contributed by atoms with Gasteiger partial charge in [0, 0.05) is 37.8 Å². The maximum absolute atomic E-state index is 12.4. The van der Waals surface area contributed by atoms with Gasteiger partial charge in [0.2, 0.25) is 5.91 Å². The molecule has 0 saturated heterocycles. The van der Waals surface area contributed by atoms with Crippen LogP contribution in [0.1, 0.15) is 12.8 Å². The largest absolute Gasteiger partial charge is 0.332 e. The van der Waals surface area contributed by atoms with Crippen molar-refractivity contribution in [1.82, 2.24) is 18.7 Å². The van der Waals surface area contributed by atoms with Gasteiger partial charge < -0.3 is 9.88 Å². The summed E-state index contributed by atoms with van der Waals surface area (Å²) < 4.78 is 4.05. The first-order valence-electron chi connectivity index (χ1n) is 8.04. The van der Waals surface area contributed by atoms with Gasteiger partial charge in [0.15, 0.2) is 11.2 Å². The molecule has 0 fully saturated rings. The predicted octanol–water partition coefficient (Wildman–Crippen LogP) is 1.51. The minimum atomic E-state index is -0.423. The lowest BCUT2D eigenvalue weighted by atomic mass is 10.2. The highest BCUT2D eigenvalue weighted by molar-refractivity contribution is 6.30. The van der Waals surface area contributed by atoms with Gasteiger partial charge in [-0.2, -0.15) is 0 Å². The third kappa shape index (κ3) is 3.41. The van der Waals surface area contributed by atoms with Crippen LogP contribution in [0.4, 0.5) is 5.69 Å². The fourth-order valence-corrected chi connectivity index (χ4v) is 2.96. The van der Waals surface area contributed by atoms with E-state index in [9.17, 15) is 14.4 Å². The van der Waals surface area contributed by atoms with E-state index < -0.39 is 11.2 Å². The van der Waals surface area contributed by atoms with E-state index in [2.05, 4.69) is 10.3 Å². The molecular formula is C17H18ClN5O3. The number of aromatic nitrogens is 4. The van der Waals surface area contributed by atoms with Crippen molar-refractivity contribution in [2.24, 2.45) is 14.1 Å². The van der Waals surface area contributed by atoms with Gasteiger partial charge in [0.1, 0.15) is 0 Å². The summed E-state index contributed by atoms with van der Waals surface area (Å²) in [5, 5.41) is 3.33. The van der Waals surface area contributed by atoms with Gasteiger partial charge >= 0.3 is 5.69 Å². The number of benzene rings is 1. The van der Waals surface area contributed by atoms with Crippen molar-refractivity contribution in [3.8, 4) is 0 Å². The molecule has 0 unspecified atom stereocenters. The Bertz CT molecular complexity index is 1100. The first kappa shape index (κ1) is 17.9. The topological polar surface area (TPSA) is 90.9 Å². The van der Waals surface area contributed by atoms with Gasteiger partial charge in [-0.3, -0.25) is 18.7 Å². The molecule has 0 aliphatic rings. The van der Waals surface area contributed by atoms with Crippen molar-refractivity contribution < 1.29 is 4.79 Å². The molecule has 0 aliphatic heterocycles. The third-order valence-corrected chi connectivity index (χ3v) is 4.36. The number of nitrogens with one attached hydrogen (secondary N) is 1. The second-order valence-corrected chi connectivity index (χ2v) is 6.41. The van der Waals surface area contributed by atoms with Crippen molar-refractivity contribution >= 4 is 34.4 Å². The second-order valence-electron chi connectivity index (χ2n) is 5.98. The predicted molar refractivity (Wildman–Crippen MR) is 99.5 cm³/mol. The number of aryl methyl sites for hydroxylation is 2. The van der Waals surface area contributed by atoms with E-state index in [1.807, 2.05) is 0 Å². The Morgan fingerprint density at radius 1 is 1.23 bits per heavy atom. The molecule has 0 aliphatic carbocycles. The van der Waals surface area contributed by atoms with E-state index in [1.54, 1.807) is 35.9 Å². The summed E-state index contributed by atoms with van der Waals surface area (Å²) in [7, 11) is 3.00. The van der Waals surface area contributed by atoms with Crippen LogP contribution in [0, 0.1) is 0 Å². The Balaban J connectivity index is 1.70. The first-order chi connectivity index (χ1) is 12.4. The summed E-state index contributed by atoms with van der Waals surface area (Å²) >= 11 is 5.89. The number of fused-ring (bicyclic) bond motifs is 1. The van der Waals surface area contributed by atoms with Gasteiger partial charge in [0.25, 0.3) is 5.56 Å². The molecule has 0 radical (unpaired) electrons. The van der Waals surface area contributed by atoms with Gasteiger partial charge in [-0.05, 0) is 24.6 Å². The molecular weight excluding hydrogens is 358 g/mol. The van der Waals surface area contributed by atoms with E-state index in [0.717, 1.165) is 4.57 Å². The van der Waals surface area contributed by atoms with Crippen LogP contribution in [-0.2, 0) is 25.4 Å². The van der Waals surface area contributed by atoms with Gasteiger partial charge in [0.05, 0.1) is 6.33 Å². The van der Waals surface area contributed by atoms with Gasteiger partial charge in [-0.15, -0.1) is 0 Å². The highest BCUT2D eigenvalue weighted by atomic mass is 35.5. The van der Waals surface area contributed by atoms with Crippen molar-refractivity contribution in [3.63, 3.8) is 0 Å². The van der Waals surface area contributed by atoms with Crippen LogP contribution < -0.4 is 16.6 Å². The molecule has 2 aromatic heterocycles. The molecule has 1 aromatic carbocycles. The number of hydrogen-bond acceptors (Lipinski definition) is 4. The van der Waals surface area contributed by atoms with E-state index in [0.29, 0.717) is 34.8 Å². The molecule has 9 heteroatoms. The minimum absolute atomic E-state index is 0.142. The summed E-state index contributed by atoms with van der Waals surface area (Å²) in [5.74, 6) is -0.142. The number of halogens is 1. The first-order valence-corrected chi connectivity index (χ1v) is 8.42. The molecule has 0 atom stereocenters. The fourth-order valence-electron chi connectivity index (χ4n) is 2.77. The normalized spacial score (nSPS) is 11.0. The summed E-state index contributed by atoms with van der Waals surface area (Å²) in [6.45, 7) is 0.437. The number of nitrogens with zero attached hydrogens (tertiary/aromatic N) is 4. The number of amides is 1. The Labute approximate surface area is 153 Å². The summed E-state index contributed by atoms with van der Waals surface area (Å²) in [4.78, 5) is 40.5. The number of anilines is 1. The molecule has 3 rings (SSSR count). The number of carbonyl (C=O) groups is 1. The molecule has 26 heavy (non-hydrogen) atoms. The van der Waals surface area contributed by atoms with Crippen LogP contribution >= 0.6 is 11.6 Å². The summed E-state index contributed by atoms with van der Waals surface area (Å²) in [5.41, 5.74) is 0.503. The van der Waals surface area contributed by atoms with Crippen LogP contribution in [0.25, 0.3) is 11.2 Å². The zero-order valence-corrected chi connectivity index (χ0v) is 15.2. The zero-order valence-electron chi connectivity index (χ0n) is 14.4. The number of hydrogen-bond donors (Lipinski definition) is 1. The lowest BCUT2D eigenvalue weighted by Crippen LogP contribution is -2.37. The Hall–Kier alpha value is -2.87. The highest BCUT2D eigenvalue weighted by Crippen LogP contribution is 2.15. The maximum Gasteiger partial charge on any atom is 0.332 e.